The number of halogens is 1. The van der Waals surface area contributed by atoms with Crippen molar-refractivity contribution in [3.8, 4) is 0 Å². The van der Waals surface area contributed by atoms with Crippen LogP contribution in [0.1, 0.15) is 23.3 Å². The lowest BCUT2D eigenvalue weighted by atomic mass is 9.97. The Kier molecular flexibility index (Phi) is 6.22. The number of benzene rings is 1. The second-order valence-electron chi connectivity index (χ2n) is 6.81. The molecule has 3 aromatic rings. The first-order valence-corrected chi connectivity index (χ1v) is 12.0. The molecule has 0 saturated carbocycles. The minimum atomic E-state index is -0.146. The molecule has 0 spiro atoms. The lowest BCUT2D eigenvalue weighted by molar-refractivity contribution is -0.113. The van der Waals surface area contributed by atoms with Crippen molar-refractivity contribution in [3.63, 3.8) is 0 Å². The van der Waals surface area contributed by atoms with E-state index in [9.17, 15) is 9.59 Å². The summed E-state index contributed by atoms with van der Waals surface area (Å²) < 4.78 is 2.46. The third-order valence-corrected chi connectivity index (χ3v) is 7.69. The van der Waals surface area contributed by atoms with Gasteiger partial charge in [0, 0.05) is 15.9 Å². The van der Waals surface area contributed by atoms with Crippen LogP contribution in [0.25, 0.3) is 10.2 Å². The second-order valence-corrected chi connectivity index (χ2v) is 9.69. The van der Waals surface area contributed by atoms with E-state index in [1.54, 1.807) is 22.0 Å². The first-order chi connectivity index (χ1) is 14.1. The number of nitrogens with zero attached hydrogens (tertiary/aromatic N) is 2. The van der Waals surface area contributed by atoms with Crippen LogP contribution in [0.15, 0.2) is 51.3 Å². The van der Waals surface area contributed by atoms with Crippen molar-refractivity contribution in [3.05, 3.63) is 62.2 Å². The Hall–Kier alpha value is -1.90. The van der Waals surface area contributed by atoms with Crippen molar-refractivity contribution >= 4 is 60.8 Å². The standard InChI is InChI=1S/C21H20BrN3O2S2/c1-2-11-25-20(27)18-13-7-3-6-10-16(13)29-19(18)24-21(25)28-12-17(26)23-15-9-5-4-8-14(15)22/h2,4-5,8-9H,1,3,6-7,10-12H2,(H,23,26). The van der Waals surface area contributed by atoms with E-state index in [0.29, 0.717) is 11.7 Å². The third-order valence-electron chi connectivity index (χ3n) is 4.83. The van der Waals surface area contributed by atoms with Gasteiger partial charge in [-0.15, -0.1) is 17.9 Å². The molecule has 29 heavy (non-hydrogen) atoms. The van der Waals surface area contributed by atoms with Crippen molar-refractivity contribution in [2.24, 2.45) is 0 Å². The summed E-state index contributed by atoms with van der Waals surface area (Å²) in [7, 11) is 0. The van der Waals surface area contributed by atoms with Crippen molar-refractivity contribution in [1.29, 1.82) is 0 Å². The van der Waals surface area contributed by atoms with E-state index in [0.717, 1.165) is 46.1 Å². The van der Waals surface area contributed by atoms with Gasteiger partial charge in [-0.05, 0) is 59.3 Å². The summed E-state index contributed by atoms with van der Waals surface area (Å²) >= 11 is 6.33. The molecule has 0 bridgehead atoms. The predicted octanol–water partition coefficient (Wildman–Crippen LogP) is 5.02. The molecule has 1 amide bonds. The number of rotatable bonds is 6. The minimum Gasteiger partial charge on any atom is -0.324 e. The van der Waals surface area contributed by atoms with Crippen molar-refractivity contribution in [2.75, 3.05) is 11.1 Å². The van der Waals surface area contributed by atoms with Gasteiger partial charge in [0.15, 0.2) is 5.16 Å². The number of hydrogen-bond acceptors (Lipinski definition) is 5. The van der Waals surface area contributed by atoms with Crippen LogP contribution in [-0.4, -0.2) is 21.2 Å². The number of allylic oxidation sites excluding steroid dienone is 1. The second kappa shape index (κ2) is 8.85. The Morgan fingerprint density at radius 3 is 2.93 bits per heavy atom. The zero-order chi connectivity index (χ0) is 20.4. The molecule has 1 aliphatic carbocycles. The van der Waals surface area contributed by atoms with Gasteiger partial charge in [-0.25, -0.2) is 4.98 Å². The van der Waals surface area contributed by atoms with Gasteiger partial charge < -0.3 is 5.32 Å². The Labute approximate surface area is 185 Å². The molecule has 8 heteroatoms. The van der Waals surface area contributed by atoms with E-state index in [2.05, 4.69) is 27.8 Å². The van der Waals surface area contributed by atoms with E-state index in [1.807, 2.05) is 24.3 Å². The number of nitrogens with one attached hydrogen (secondary N) is 1. The zero-order valence-corrected chi connectivity index (χ0v) is 19.0. The van der Waals surface area contributed by atoms with Gasteiger partial charge in [-0.3, -0.25) is 14.2 Å². The maximum atomic E-state index is 13.2. The fourth-order valence-electron chi connectivity index (χ4n) is 3.50. The zero-order valence-electron chi connectivity index (χ0n) is 15.7. The lowest BCUT2D eigenvalue weighted by Gasteiger charge is -2.12. The molecule has 0 aliphatic heterocycles. The van der Waals surface area contributed by atoms with Crippen molar-refractivity contribution in [2.45, 2.75) is 37.4 Å². The number of carbonyl (C=O) groups excluding carboxylic acids is 1. The molecule has 2 aromatic heterocycles. The lowest BCUT2D eigenvalue weighted by Crippen LogP contribution is -2.24. The number of hydrogen-bond donors (Lipinski definition) is 1. The largest absolute Gasteiger partial charge is 0.324 e. The van der Waals surface area contributed by atoms with Crippen LogP contribution in [0, 0.1) is 0 Å². The van der Waals surface area contributed by atoms with E-state index >= 15 is 0 Å². The fraction of sp³-hybridized carbons (Fsp3) is 0.286. The molecule has 5 nitrogen and oxygen atoms in total. The summed E-state index contributed by atoms with van der Waals surface area (Å²) in [5, 5.41) is 4.20. The molecule has 0 atom stereocenters. The van der Waals surface area contributed by atoms with Crippen LogP contribution in [-0.2, 0) is 24.2 Å². The highest BCUT2D eigenvalue weighted by Gasteiger charge is 2.22. The number of thioether (sulfide) groups is 1. The maximum absolute atomic E-state index is 13.2. The number of anilines is 1. The van der Waals surface area contributed by atoms with E-state index < -0.39 is 0 Å². The molecular weight excluding hydrogens is 470 g/mol. The Morgan fingerprint density at radius 2 is 2.14 bits per heavy atom. The quantitative estimate of drug-likeness (QED) is 0.300. The van der Waals surface area contributed by atoms with E-state index in [4.69, 9.17) is 4.98 Å². The number of aromatic nitrogens is 2. The highest BCUT2D eigenvalue weighted by molar-refractivity contribution is 9.10. The molecule has 0 unspecified atom stereocenters. The number of para-hydroxylation sites is 1. The van der Waals surface area contributed by atoms with Crippen LogP contribution < -0.4 is 10.9 Å². The summed E-state index contributed by atoms with van der Waals surface area (Å²) in [5.74, 6) is 0.0218. The van der Waals surface area contributed by atoms with Gasteiger partial charge in [0.25, 0.3) is 5.56 Å². The normalized spacial score (nSPS) is 13.3. The molecule has 0 radical (unpaired) electrons. The highest BCUT2D eigenvalue weighted by atomic mass is 79.9. The molecule has 1 aliphatic rings. The summed E-state index contributed by atoms with van der Waals surface area (Å²) in [4.78, 5) is 32.5. The SMILES string of the molecule is C=CCn1c(SCC(=O)Nc2ccccc2Br)nc2sc3c(c2c1=O)CCCC3. The Balaban J connectivity index is 1.62. The highest BCUT2D eigenvalue weighted by Crippen LogP contribution is 2.34. The van der Waals surface area contributed by atoms with E-state index in [-0.39, 0.29) is 17.2 Å². The average Bonchev–Trinajstić information content (AvgIpc) is 3.09. The average molecular weight is 490 g/mol. The first-order valence-electron chi connectivity index (χ1n) is 9.41. The van der Waals surface area contributed by atoms with Gasteiger partial charge >= 0.3 is 0 Å². The molecule has 2 heterocycles. The van der Waals surface area contributed by atoms with Gasteiger partial charge in [0.05, 0.1) is 16.8 Å². The summed E-state index contributed by atoms with van der Waals surface area (Å²) in [6.07, 6.45) is 5.94. The third kappa shape index (κ3) is 4.20. The van der Waals surface area contributed by atoms with Crippen LogP contribution in [0.5, 0.6) is 0 Å². The summed E-state index contributed by atoms with van der Waals surface area (Å²) in [5.41, 5.74) is 1.87. The number of fused-ring (bicyclic) bond motifs is 3. The fourth-order valence-corrected chi connectivity index (χ4v) is 5.99. The molecule has 0 fully saturated rings. The number of amides is 1. The maximum Gasteiger partial charge on any atom is 0.263 e. The topological polar surface area (TPSA) is 64.0 Å². The molecule has 150 valence electrons. The molecule has 1 N–H and O–H groups in total. The van der Waals surface area contributed by atoms with Crippen LogP contribution in [0.2, 0.25) is 0 Å². The molecular formula is C21H20BrN3O2S2. The van der Waals surface area contributed by atoms with Crippen LogP contribution in [0.4, 0.5) is 5.69 Å². The van der Waals surface area contributed by atoms with Crippen LogP contribution in [0.3, 0.4) is 0 Å². The van der Waals surface area contributed by atoms with Crippen molar-refractivity contribution in [1.82, 2.24) is 9.55 Å². The van der Waals surface area contributed by atoms with Gasteiger partial charge in [-0.1, -0.05) is 30.0 Å². The number of aryl methyl sites for hydroxylation is 2. The first kappa shape index (κ1) is 20.4. The predicted molar refractivity (Wildman–Crippen MR) is 124 cm³/mol. The summed E-state index contributed by atoms with van der Waals surface area (Å²) in [6, 6.07) is 7.46. The monoisotopic (exact) mass is 489 g/mol. The van der Waals surface area contributed by atoms with Crippen LogP contribution >= 0.6 is 39.0 Å². The molecule has 0 saturated heterocycles. The molecule has 1 aromatic carbocycles. The van der Waals surface area contributed by atoms with Gasteiger partial charge in [-0.2, -0.15) is 0 Å². The number of thiophene rings is 1. The minimum absolute atomic E-state index is 0.0250. The van der Waals surface area contributed by atoms with E-state index in [1.165, 1.54) is 22.2 Å². The Bertz CT molecular complexity index is 1150. The van der Waals surface area contributed by atoms with Crippen molar-refractivity contribution < 1.29 is 4.79 Å². The molecule has 4 rings (SSSR count). The smallest absolute Gasteiger partial charge is 0.263 e. The summed E-state index contributed by atoms with van der Waals surface area (Å²) in [6.45, 7) is 4.15. The number of carbonyl (C=O) groups is 1. The van der Waals surface area contributed by atoms with Gasteiger partial charge in [0.1, 0.15) is 4.83 Å². The Morgan fingerprint density at radius 1 is 1.34 bits per heavy atom. The van der Waals surface area contributed by atoms with Gasteiger partial charge in [0.2, 0.25) is 5.91 Å².